The molecule has 1 aromatic carbocycles. The zero-order chi connectivity index (χ0) is 19.9. The summed E-state index contributed by atoms with van der Waals surface area (Å²) in [5.74, 6) is -1.24. The Kier molecular flexibility index (Phi) is 3.40. The molecule has 7 nitrogen and oxygen atoms in total. The van der Waals surface area contributed by atoms with Gasteiger partial charge in [0, 0.05) is 17.6 Å². The van der Waals surface area contributed by atoms with Crippen molar-refractivity contribution >= 4 is 40.8 Å². The van der Waals surface area contributed by atoms with E-state index in [1.54, 1.807) is 13.8 Å². The van der Waals surface area contributed by atoms with Crippen LogP contribution in [0.25, 0.3) is 0 Å². The summed E-state index contributed by atoms with van der Waals surface area (Å²) >= 11 is 12.5. The smallest absolute Gasteiger partial charge is 0.338 e. The second kappa shape index (κ2) is 5.18. The summed E-state index contributed by atoms with van der Waals surface area (Å²) in [6, 6.07) is 5.02. The van der Waals surface area contributed by atoms with E-state index in [1.807, 2.05) is 6.07 Å². The minimum absolute atomic E-state index is 0.0201. The van der Waals surface area contributed by atoms with E-state index in [2.05, 4.69) is 5.32 Å². The van der Waals surface area contributed by atoms with Crippen molar-refractivity contribution in [3.05, 3.63) is 50.4 Å². The van der Waals surface area contributed by atoms with E-state index in [1.165, 1.54) is 24.1 Å². The van der Waals surface area contributed by atoms with Gasteiger partial charge in [-0.2, -0.15) is 5.26 Å². The van der Waals surface area contributed by atoms with Gasteiger partial charge in [-0.25, -0.2) is 4.79 Å². The van der Waals surface area contributed by atoms with Crippen molar-refractivity contribution < 1.29 is 14.3 Å². The highest BCUT2D eigenvalue weighted by molar-refractivity contribution is 6.38. The maximum atomic E-state index is 13.5. The van der Waals surface area contributed by atoms with Gasteiger partial charge in [0.1, 0.15) is 22.9 Å². The number of nitriles is 1. The predicted molar refractivity (Wildman–Crippen MR) is 98.7 cm³/mol. The number of nitrogens with one attached hydrogen (secondary N) is 1. The van der Waals surface area contributed by atoms with Gasteiger partial charge in [-0.3, -0.25) is 4.79 Å². The number of cyclic esters (lactones) is 1. The molecule has 0 aliphatic carbocycles. The molecule has 3 heterocycles. The molecule has 0 fully saturated rings. The molecule has 1 atom stereocenters. The molecule has 0 unspecified atom stereocenters. The quantitative estimate of drug-likeness (QED) is 0.640. The number of nitrogens with zero attached hydrogens (tertiary/aromatic N) is 2. The van der Waals surface area contributed by atoms with Crippen LogP contribution in [-0.2, 0) is 19.7 Å². The van der Waals surface area contributed by atoms with Gasteiger partial charge in [-0.1, -0.05) is 23.2 Å². The van der Waals surface area contributed by atoms with Crippen LogP contribution >= 0.6 is 23.2 Å². The molecule has 0 saturated carbocycles. The molecule has 27 heavy (non-hydrogen) atoms. The molecule has 3 aliphatic rings. The van der Waals surface area contributed by atoms with Gasteiger partial charge >= 0.3 is 5.97 Å². The van der Waals surface area contributed by atoms with Crippen LogP contribution in [0.1, 0.15) is 19.4 Å². The molecule has 9 heteroatoms. The Bertz CT molecular complexity index is 1070. The molecule has 3 aliphatic heterocycles. The number of carbonyl (C=O) groups excluding carboxylic acids is 2. The molecule has 0 radical (unpaired) electrons. The van der Waals surface area contributed by atoms with Crippen LogP contribution < -0.4 is 16.0 Å². The number of ether oxygens (including phenoxy) is 1. The molecule has 0 bridgehead atoms. The number of hydrogen-bond acceptors (Lipinski definition) is 6. The van der Waals surface area contributed by atoms with Crippen molar-refractivity contribution in [1.29, 1.82) is 5.26 Å². The summed E-state index contributed by atoms with van der Waals surface area (Å²) in [7, 11) is 1.52. The maximum Gasteiger partial charge on any atom is 0.338 e. The van der Waals surface area contributed by atoms with Crippen LogP contribution in [0.2, 0.25) is 10.0 Å². The third-order valence-electron chi connectivity index (χ3n) is 5.19. The number of fused-ring (bicyclic) bond motifs is 3. The molecule has 1 aromatic rings. The van der Waals surface area contributed by atoms with Gasteiger partial charge in [0.15, 0.2) is 0 Å². The maximum absolute atomic E-state index is 13.5. The predicted octanol–water partition coefficient (Wildman–Crippen LogP) is 2.09. The average Bonchev–Trinajstić information content (AvgIpc) is 2.91. The third-order valence-corrected chi connectivity index (χ3v) is 5.69. The highest BCUT2D eigenvalue weighted by Crippen LogP contribution is 2.57. The lowest BCUT2D eigenvalue weighted by Gasteiger charge is -2.34. The Hall–Kier alpha value is -2.69. The van der Waals surface area contributed by atoms with Gasteiger partial charge in [-0.15, -0.1) is 0 Å². The highest BCUT2D eigenvalue weighted by atomic mass is 35.5. The van der Waals surface area contributed by atoms with E-state index >= 15 is 0 Å². The Morgan fingerprint density at radius 3 is 2.59 bits per heavy atom. The molecule has 1 amide bonds. The van der Waals surface area contributed by atoms with Crippen LogP contribution in [0.5, 0.6) is 0 Å². The molecular weight excluding hydrogens is 391 g/mol. The van der Waals surface area contributed by atoms with E-state index in [4.69, 9.17) is 33.7 Å². The zero-order valence-corrected chi connectivity index (χ0v) is 16.1. The lowest BCUT2D eigenvalue weighted by molar-refractivity contribution is -0.145. The van der Waals surface area contributed by atoms with Crippen molar-refractivity contribution in [3.8, 4) is 6.07 Å². The number of anilines is 1. The SMILES string of the molecule is CN1C(=O)[C@@]2(C(C#N)=C(N)NC3=C2C(=O)OC3(C)C)c2cc(Cl)cc(Cl)c21. The minimum atomic E-state index is -1.76. The van der Waals surface area contributed by atoms with Crippen LogP contribution in [0.3, 0.4) is 0 Å². The lowest BCUT2D eigenvalue weighted by atomic mass is 9.67. The van der Waals surface area contributed by atoms with E-state index < -0.39 is 22.9 Å². The summed E-state index contributed by atoms with van der Waals surface area (Å²) in [4.78, 5) is 27.7. The van der Waals surface area contributed by atoms with Crippen molar-refractivity contribution in [1.82, 2.24) is 5.32 Å². The first-order chi connectivity index (χ1) is 12.6. The first kappa shape index (κ1) is 17.7. The number of likely N-dealkylation sites (N-methyl/N-ethyl adjacent to an activating group) is 1. The van der Waals surface area contributed by atoms with Gasteiger partial charge < -0.3 is 20.7 Å². The second-order valence-corrected chi connectivity index (χ2v) is 7.92. The molecule has 0 saturated heterocycles. The number of esters is 1. The second-order valence-electron chi connectivity index (χ2n) is 7.07. The van der Waals surface area contributed by atoms with Gasteiger partial charge in [0.2, 0.25) is 5.91 Å². The van der Waals surface area contributed by atoms with Gasteiger partial charge in [0.25, 0.3) is 0 Å². The van der Waals surface area contributed by atoms with Crippen LogP contribution in [-0.4, -0.2) is 24.5 Å². The average molecular weight is 405 g/mol. The number of halogens is 2. The highest BCUT2D eigenvalue weighted by Gasteiger charge is 2.65. The van der Waals surface area contributed by atoms with E-state index in [9.17, 15) is 14.9 Å². The summed E-state index contributed by atoms with van der Waals surface area (Å²) in [6.45, 7) is 3.35. The van der Waals surface area contributed by atoms with Gasteiger partial charge in [0.05, 0.1) is 27.6 Å². The fourth-order valence-electron chi connectivity index (χ4n) is 4.10. The van der Waals surface area contributed by atoms with Crippen LogP contribution in [0.15, 0.2) is 34.8 Å². The first-order valence-corrected chi connectivity index (χ1v) is 8.76. The molecular formula is C18H14Cl2N4O3. The van der Waals surface area contributed by atoms with Crippen molar-refractivity contribution in [2.75, 3.05) is 11.9 Å². The summed E-state index contributed by atoms with van der Waals surface area (Å²) in [6.07, 6.45) is 0. The third kappa shape index (κ3) is 1.92. The molecule has 4 rings (SSSR count). The Morgan fingerprint density at radius 2 is 1.96 bits per heavy atom. The fourth-order valence-corrected chi connectivity index (χ4v) is 4.72. The standard InChI is InChI=1S/C18H14Cl2N4O3/c1-17(2)13-11(15(25)27-17)18(9(6-21)14(22)23-13)8-4-7(19)5-10(20)12(8)24(3)16(18)26/h4-5,23H,22H2,1-3H3/t18-/m1/s1. The fraction of sp³-hybridized carbons (Fsp3) is 0.278. The van der Waals surface area contributed by atoms with E-state index in [-0.39, 0.29) is 27.0 Å². The number of dihydropyridines is 1. The molecule has 1 spiro atoms. The van der Waals surface area contributed by atoms with E-state index in [0.717, 1.165) is 0 Å². The number of nitrogens with two attached hydrogens (primary N) is 1. The molecule has 3 N–H and O–H groups in total. The monoisotopic (exact) mass is 404 g/mol. The van der Waals surface area contributed by atoms with Crippen molar-refractivity contribution in [2.45, 2.75) is 24.9 Å². The van der Waals surface area contributed by atoms with Crippen molar-refractivity contribution in [3.63, 3.8) is 0 Å². The Balaban J connectivity index is 2.21. The number of benzene rings is 1. The lowest BCUT2D eigenvalue weighted by Crippen LogP contribution is -2.49. The van der Waals surface area contributed by atoms with Crippen LogP contribution in [0, 0.1) is 11.3 Å². The minimum Gasteiger partial charge on any atom is -0.450 e. The Morgan fingerprint density at radius 1 is 1.30 bits per heavy atom. The molecule has 0 aromatic heterocycles. The number of carbonyl (C=O) groups is 2. The molecule has 138 valence electrons. The van der Waals surface area contributed by atoms with Crippen LogP contribution in [0.4, 0.5) is 5.69 Å². The summed E-state index contributed by atoms with van der Waals surface area (Å²) < 4.78 is 5.48. The largest absolute Gasteiger partial charge is 0.450 e. The Labute approximate surface area is 164 Å². The topological polar surface area (TPSA) is 108 Å². The van der Waals surface area contributed by atoms with E-state index in [0.29, 0.717) is 16.9 Å². The first-order valence-electron chi connectivity index (χ1n) is 8.01. The number of rotatable bonds is 0. The zero-order valence-electron chi connectivity index (χ0n) is 14.6. The normalized spacial score (nSPS) is 25.4. The van der Waals surface area contributed by atoms with Gasteiger partial charge in [-0.05, 0) is 26.0 Å². The summed E-state index contributed by atoms with van der Waals surface area (Å²) in [5.41, 5.74) is 4.29. The number of amides is 1. The number of hydrogen-bond donors (Lipinski definition) is 2. The summed E-state index contributed by atoms with van der Waals surface area (Å²) in [5, 5.41) is 13.2. The van der Waals surface area contributed by atoms with Crippen molar-refractivity contribution in [2.24, 2.45) is 5.73 Å².